The number of rotatable bonds is 4. The van der Waals surface area contributed by atoms with Gasteiger partial charge >= 0.3 is 0 Å². The fourth-order valence-corrected chi connectivity index (χ4v) is 1.67. The van der Waals surface area contributed by atoms with Crippen LogP contribution in [0.15, 0.2) is 16.8 Å². The summed E-state index contributed by atoms with van der Waals surface area (Å²) in [4.78, 5) is 11.5. The molecule has 1 heterocycles. The number of nitrogens with one attached hydrogen (secondary N) is 1. The molecule has 0 aromatic carbocycles. The molecule has 0 saturated heterocycles. The molecule has 1 rings (SSSR count). The van der Waals surface area contributed by atoms with Crippen LogP contribution < -0.4 is 5.32 Å². The van der Waals surface area contributed by atoms with E-state index in [0.29, 0.717) is 13.0 Å². The molecule has 1 aromatic heterocycles. The Morgan fingerprint density at radius 2 is 2.40 bits per heavy atom. The molecule has 4 heteroatoms. The Bertz CT molecular complexity index is 362. The molecule has 0 aliphatic carbocycles. The lowest BCUT2D eigenvalue weighted by atomic mass is 9.96. The van der Waals surface area contributed by atoms with Crippen LogP contribution in [0, 0.1) is 16.7 Å². The van der Waals surface area contributed by atoms with Crippen molar-refractivity contribution in [2.45, 2.75) is 20.3 Å². The molecule has 80 valence electrons. The van der Waals surface area contributed by atoms with Crippen molar-refractivity contribution in [3.8, 4) is 6.07 Å². The first-order chi connectivity index (χ1) is 7.03. The largest absolute Gasteiger partial charge is 0.354 e. The smallest absolute Gasteiger partial charge is 0.224 e. The Labute approximate surface area is 93.7 Å². The number of thiophene rings is 1. The lowest BCUT2D eigenvalue weighted by Crippen LogP contribution is -2.33. The normalized spacial score (nSPS) is 10.7. The van der Waals surface area contributed by atoms with Crippen LogP contribution >= 0.6 is 11.3 Å². The highest BCUT2D eigenvalue weighted by atomic mass is 32.1. The van der Waals surface area contributed by atoms with Crippen LogP contribution in [-0.4, -0.2) is 12.5 Å². The highest BCUT2D eigenvalue weighted by Crippen LogP contribution is 2.11. The van der Waals surface area contributed by atoms with Crippen LogP contribution in [0.2, 0.25) is 0 Å². The Balaban J connectivity index is 2.35. The summed E-state index contributed by atoms with van der Waals surface area (Å²) in [7, 11) is 0. The average molecular weight is 222 g/mol. The van der Waals surface area contributed by atoms with E-state index in [1.54, 1.807) is 25.2 Å². The second-order valence-electron chi connectivity index (χ2n) is 4.08. The zero-order valence-electron chi connectivity index (χ0n) is 8.91. The van der Waals surface area contributed by atoms with Gasteiger partial charge in [-0.1, -0.05) is 0 Å². The summed E-state index contributed by atoms with van der Waals surface area (Å²) in [5, 5.41) is 15.4. The van der Waals surface area contributed by atoms with Crippen LogP contribution in [0.3, 0.4) is 0 Å². The fourth-order valence-electron chi connectivity index (χ4n) is 1.00. The van der Waals surface area contributed by atoms with E-state index in [0.717, 1.165) is 5.56 Å². The van der Waals surface area contributed by atoms with Crippen LogP contribution in [0.25, 0.3) is 0 Å². The minimum absolute atomic E-state index is 0.0308. The van der Waals surface area contributed by atoms with E-state index in [1.807, 2.05) is 16.8 Å². The topological polar surface area (TPSA) is 52.9 Å². The lowest BCUT2D eigenvalue weighted by Gasteiger charge is -2.15. The molecule has 1 N–H and O–H groups in total. The third-order valence-electron chi connectivity index (χ3n) is 1.97. The number of carbonyl (C=O) groups excluding carboxylic acids is 1. The van der Waals surface area contributed by atoms with Crippen molar-refractivity contribution in [1.82, 2.24) is 5.32 Å². The summed E-state index contributed by atoms with van der Waals surface area (Å²) >= 11 is 1.58. The van der Waals surface area contributed by atoms with Crippen molar-refractivity contribution in [3.63, 3.8) is 0 Å². The molecule has 1 amide bonds. The van der Waals surface area contributed by atoms with Crippen molar-refractivity contribution in [1.29, 1.82) is 5.26 Å². The molecule has 15 heavy (non-hydrogen) atoms. The molecule has 3 nitrogen and oxygen atoms in total. The minimum atomic E-state index is -0.496. The molecular weight excluding hydrogens is 208 g/mol. The number of nitrogens with zero attached hydrogens (tertiary/aromatic N) is 1. The number of amides is 1. The Morgan fingerprint density at radius 3 is 2.93 bits per heavy atom. The van der Waals surface area contributed by atoms with Gasteiger partial charge in [0.2, 0.25) is 5.91 Å². The highest BCUT2D eigenvalue weighted by Gasteiger charge is 2.17. The van der Waals surface area contributed by atoms with Gasteiger partial charge in [0.1, 0.15) is 0 Å². The van der Waals surface area contributed by atoms with Gasteiger partial charge in [-0.25, -0.2) is 0 Å². The molecule has 0 spiro atoms. The summed E-state index contributed by atoms with van der Waals surface area (Å²) in [5.74, 6) is -0.0308. The van der Waals surface area contributed by atoms with Gasteiger partial charge in [-0.15, -0.1) is 0 Å². The number of hydrogen-bond donors (Lipinski definition) is 1. The molecule has 0 saturated carbocycles. The first kappa shape index (κ1) is 11.7. The molecule has 0 bridgehead atoms. The lowest BCUT2D eigenvalue weighted by molar-refractivity contribution is -0.120. The summed E-state index contributed by atoms with van der Waals surface area (Å²) in [6.07, 6.45) is 0.394. The maximum atomic E-state index is 11.5. The number of nitriles is 1. The molecule has 0 unspecified atom stereocenters. The fraction of sp³-hybridized carbons (Fsp3) is 0.455. The molecular formula is C11H14N2OS. The van der Waals surface area contributed by atoms with Crippen molar-refractivity contribution < 1.29 is 4.79 Å². The molecule has 0 atom stereocenters. The molecule has 0 fully saturated rings. The predicted molar refractivity (Wildman–Crippen MR) is 60.4 cm³/mol. The molecule has 0 radical (unpaired) electrons. The van der Waals surface area contributed by atoms with E-state index in [-0.39, 0.29) is 5.91 Å². The van der Waals surface area contributed by atoms with E-state index in [1.165, 1.54) is 0 Å². The van der Waals surface area contributed by atoms with Gasteiger partial charge in [0.15, 0.2) is 0 Å². The minimum Gasteiger partial charge on any atom is -0.354 e. The van der Waals surface area contributed by atoms with Gasteiger partial charge in [0.05, 0.1) is 17.9 Å². The SMILES string of the molecule is CC(C)(C#N)CNC(=O)Cc1ccsc1. The first-order valence-corrected chi connectivity index (χ1v) is 5.67. The maximum absolute atomic E-state index is 11.5. The van der Waals surface area contributed by atoms with E-state index >= 15 is 0 Å². The number of hydrogen-bond acceptors (Lipinski definition) is 3. The van der Waals surface area contributed by atoms with E-state index in [9.17, 15) is 4.79 Å². The highest BCUT2D eigenvalue weighted by molar-refractivity contribution is 7.07. The molecule has 0 aliphatic rings. The van der Waals surface area contributed by atoms with Gasteiger partial charge in [0, 0.05) is 6.54 Å². The van der Waals surface area contributed by atoms with Crippen molar-refractivity contribution in [3.05, 3.63) is 22.4 Å². The van der Waals surface area contributed by atoms with E-state index < -0.39 is 5.41 Å². The van der Waals surface area contributed by atoms with Crippen molar-refractivity contribution in [2.75, 3.05) is 6.54 Å². The van der Waals surface area contributed by atoms with Gasteiger partial charge in [-0.2, -0.15) is 16.6 Å². The third kappa shape index (κ3) is 4.13. The quantitative estimate of drug-likeness (QED) is 0.846. The maximum Gasteiger partial charge on any atom is 0.224 e. The summed E-state index contributed by atoms with van der Waals surface area (Å²) < 4.78 is 0. The van der Waals surface area contributed by atoms with Crippen LogP contribution in [0.1, 0.15) is 19.4 Å². The van der Waals surface area contributed by atoms with E-state index in [4.69, 9.17) is 5.26 Å². The van der Waals surface area contributed by atoms with Gasteiger partial charge in [-0.05, 0) is 36.2 Å². The van der Waals surface area contributed by atoms with Gasteiger partial charge < -0.3 is 5.32 Å². The standard InChI is InChI=1S/C11H14N2OS/c1-11(2,7-12)8-13-10(14)5-9-3-4-15-6-9/h3-4,6H,5,8H2,1-2H3,(H,13,14). The van der Waals surface area contributed by atoms with Crippen molar-refractivity contribution >= 4 is 17.2 Å². The molecule has 0 aliphatic heterocycles. The Hall–Kier alpha value is -1.34. The zero-order chi connectivity index (χ0) is 11.3. The van der Waals surface area contributed by atoms with E-state index in [2.05, 4.69) is 11.4 Å². The summed E-state index contributed by atoms with van der Waals surface area (Å²) in [6, 6.07) is 4.07. The van der Waals surface area contributed by atoms with Gasteiger partial charge in [0.25, 0.3) is 0 Å². The monoisotopic (exact) mass is 222 g/mol. The molecule has 1 aromatic rings. The predicted octanol–water partition coefficient (Wildman–Crippen LogP) is 1.96. The second kappa shape index (κ2) is 4.94. The average Bonchev–Trinajstić information content (AvgIpc) is 2.68. The Kier molecular flexibility index (Phi) is 3.87. The van der Waals surface area contributed by atoms with Crippen LogP contribution in [-0.2, 0) is 11.2 Å². The zero-order valence-corrected chi connectivity index (χ0v) is 9.73. The first-order valence-electron chi connectivity index (χ1n) is 4.72. The summed E-state index contributed by atoms with van der Waals surface area (Å²) in [5.41, 5.74) is 0.525. The second-order valence-corrected chi connectivity index (χ2v) is 4.86. The van der Waals surface area contributed by atoms with Crippen LogP contribution in [0.4, 0.5) is 0 Å². The van der Waals surface area contributed by atoms with Crippen molar-refractivity contribution in [2.24, 2.45) is 5.41 Å². The van der Waals surface area contributed by atoms with Gasteiger partial charge in [-0.3, -0.25) is 4.79 Å². The Morgan fingerprint density at radius 1 is 1.67 bits per heavy atom. The number of carbonyl (C=O) groups is 1. The van der Waals surface area contributed by atoms with Crippen LogP contribution in [0.5, 0.6) is 0 Å². The summed E-state index contributed by atoms with van der Waals surface area (Å²) in [6.45, 7) is 4.00. The third-order valence-corrected chi connectivity index (χ3v) is 2.71.